The second-order valence-corrected chi connectivity index (χ2v) is 2.63. The molecule has 1 rings (SSSR count). The third kappa shape index (κ3) is 2.61. The first kappa shape index (κ1) is 10.9. The zero-order chi connectivity index (χ0) is 11.4. The van der Waals surface area contributed by atoms with E-state index in [0.29, 0.717) is 0 Å². The van der Waals surface area contributed by atoms with Crippen molar-refractivity contribution in [2.24, 2.45) is 0 Å². The van der Waals surface area contributed by atoms with Crippen LogP contribution in [0.15, 0.2) is 23.8 Å². The molecular weight excluding hydrogens is 204 g/mol. The summed E-state index contributed by atoms with van der Waals surface area (Å²) >= 11 is 0. The number of carbonyl (C=O) groups excluding carboxylic acids is 1. The largest absolute Gasteiger partial charge is 0.544 e. The van der Waals surface area contributed by atoms with Gasteiger partial charge in [0.2, 0.25) is 0 Å². The van der Waals surface area contributed by atoms with Crippen LogP contribution in [0.5, 0.6) is 0 Å². The predicted molar refractivity (Wildman–Crippen MR) is 45.0 cm³/mol. The fraction of sp³-hybridized carbons (Fsp3) is 0. The number of benzene rings is 1. The van der Waals surface area contributed by atoms with Gasteiger partial charge in [0, 0.05) is 0 Å². The van der Waals surface area contributed by atoms with Crippen molar-refractivity contribution in [1.82, 2.24) is 0 Å². The van der Waals surface area contributed by atoms with Crippen molar-refractivity contribution in [2.45, 2.75) is 0 Å². The number of rotatable bonds is 2. The number of carboxylic acids is 1. The number of carboxylic acid groups (broad SMARTS) is 1. The molecule has 0 amide bonds. The van der Waals surface area contributed by atoms with E-state index in [9.17, 15) is 18.7 Å². The Kier molecular flexibility index (Phi) is 3.13. The Morgan fingerprint density at radius 1 is 1.40 bits per heavy atom. The third-order valence-electron chi connectivity index (χ3n) is 1.60. The van der Waals surface area contributed by atoms with Crippen LogP contribution in [0.1, 0.15) is 5.56 Å². The van der Waals surface area contributed by atoms with Gasteiger partial charge in [-0.05, 0) is 23.8 Å². The van der Waals surface area contributed by atoms with Gasteiger partial charge in [-0.1, -0.05) is 6.07 Å². The molecule has 0 saturated heterocycles. The summed E-state index contributed by atoms with van der Waals surface area (Å²) in [5.41, 5.74) is -0.573. The highest BCUT2D eigenvalue weighted by molar-refractivity contribution is 5.94. The van der Waals surface area contributed by atoms with Crippen LogP contribution in [0, 0.1) is 23.0 Å². The lowest BCUT2D eigenvalue weighted by molar-refractivity contribution is -0.298. The minimum absolute atomic E-state index is 0.0784. The molecular formula is C10H4F2NO2-. The molecule has 1 aromatic carbocycles. The normalized spacial score (nSPS) is 10.9. The number of halogens is 2. The first-order chi connectivity index (χ1) is 7.04. The highest BCUT2D eigenvalue weighted by Crippen LogP contribution is 2.11. The molecule has 0 aromatic heterocycles. The molecule has 0 heterocycles. The number of nitriles is 1. The van der Waals surface area contributed by atoms with Gasteiger partial charge >= 0.3 is 0 Å². The van der Waals surface area contributed by atoms with Gasteiger partial charge in [-0.3, -0.25) is 0 Å². The Hall–Kier alpha value is -2.22. The highest BCUT2D eigenvalue weighted by atomic mass is 19.2. The van der Waals surface area contributed by atoms with Crippen molar-refractivity contribution in [3.63, 3.8) is 0 Å². The van der Waals surface area contributed by atoms with Crippen molar-refractivity contribution in [3.8, 4) is 6.07 Å². The lowest BCUT2D eigenvalue weighted by atomic mass is 10.1. The van der Waals surface area contributed by atoms with Crippen molar-refractivity contribution >= 4 is 12.0 Å². The average Bonchev–Trinajstić information content (AvgIpc) is 2.19. The second kappa shape index (κ2) is 4.33. The van der Waals surface area contributed by atoms with E-state index in [-0.39, 0.29) is 5.56 Å². The van der Waals surface area contributed by atoms with E-state index in [4.69, 9.17) is 5.26 Å². The van der Waals surface area contributed by atoms with Gasteiger partial charge in [-0.25, -0.2) is 8.78 Å². The fourth-order valence-corrected chi connectivity index (χ4v) is 0.906. The SMILES string of the molecule is N#C/C(=C\c1ccc(F)c(F)c1)C(=O)[O-]. The maximum Gasteiger partial charge on any atom is 0.159 e. The van der Waals surface area contributed by atoms with Crippen molar-refractivity contribution < 1.29 is 18.7 Å². The minimum Gasteiger partial charge on any atom is -0.544 e. The summed E-state index contributed by atoms with van der Waals surface area (Å²) in [4.78, 5) is 10.3. The van der Waals surface area contributed by atoms with Crippen LogP contribution in [0.3, 0.4) is 0 Å². The van der Waals surface area contributed by atoms with E-state index in [0.717, 1.165) is 24.3 Å². The summed E-state index contributed by atoms with van der Waals surface area (Å²) in [6, 6.07) is 4.14. The van der Waals surface area contributed by atoms with Crippen LogP contribution in [0.4, 0.5) is 8.78 Å². The van der Waals surface area contributed by atoms with Crippen LogP contribution in [-0.2, 0) is 4.79 Å². The highest BCUT2D eigenvalue weighted by Gasteiger charge is 2.02. The summed E-state index contributed by atoms with van der Waals surface area (Å²) in [6.45, 7) is 0. The van der Waals surface area contributed by atoms with E-state index < -0.39 is 23.2 Å². The number of carbonyl (C=O) groups is 1. The molecule has 0 aliphatic heterocycles. The summed E-state index contributed by atoms with van der Waals surface area (Å²) < 4.78 is 25.2. The molecule has 0 aliphatic carbocycles. The van der Waals surface area contributed by atoms with Gasteiger partial charge in [0.15, 0.2) is 11.6 Å². The zero-order valence-corrected chi connectivity index (χ0v) is 7.33. The van der Waals surface area contributed by atoms with Gasteiger partial charge in [-0.2, -0.15) is 5.26 Å². The number of aliphatic carboxylic acids is 1. The van der Waals surface area contributed by atoms with Crippen LogP contribution in [-0.4, -0.2) is 5.97 Å². The monoisotopic (exact) mass is 208 g/mol. The molecule has 0 N–H and O–H groups in total. The van der Waals surface area contributed by atoms with Gasteiger partial charge in [0.25, 0.3) is 0 Å². The summed E-state index contributed by atoms with van der Waals surface area (Å²) in [6.07, 6.45) is 0.901. The molecule has 15 heavy (non-hydrogen) atoms. The molecule has 3 nitrogen and oxygen atoms in total. The first-order valence-electron chi connectivity index (χ1n) is 3.83. The van der Waals surface area contributed by atoms with Gasteiger partial charge in [0.05, 0.1) is 11.5 Å². The molecule has 5 heteroatoms. The molecule has 0 saturated carbocycles. The Balaban J connectivity index is 3.14. The maximum absolute atomic E-state index is 12.7. The summed E-state index contributed by atoms with van der Waals surface area (Å²) in [5.74, 6) is -3.82. The molecule has 0 fully saturated rings. The molecule has 76 valence electrons. The van der Waals surface area contributed by atoms with Crippen LogP contribution in [0.25, 0.3) is 6.08 Å². The quantitative estimate of drug-likeness (QED) is 0.528. The Labute approximate surface area is 83.9 Å². The Morgan fingerprint density at radius 3 is 2.53 bits per heavy atom. The van der Waals surface area contributed by atoms with E-state index in [1.807, 2.05) is 0 Å². The first-order valence-corrected chi connectivity index (χ1v) is 3.83. The summed E-state index contributed by atoms with van der Waals surface area (Å²) in [5, 5.41) is 18.7. The molecule has 0 unspecified atom stereocenters. The average molecular weight is 208 g/mol. The van der Waals surface area contributed by atoms with E-state index in [2.05, 4.69) is 0 Å². The smallest absolute Gasteiger partial charge is 0.159 e. The number of nitrogens with zero attached hydrogens (tertiary/aromatic N) is 1. The van der Waals surface area contributed by atoms with E-state index >= 15 is 0 Å². The van der Waals surface area contributed by atoms with Crippen molar-refractivity contribution in [3.05, 3.63) is 41.0 Å². The van der Waals surface area contributed by atoms with Gasteiger partial charge < -0.3 is 9.90 Å². The predicted octanol–water partition coefficient (Wildman–Crippen LogP) is 0.622. The summed E-state index contributed by atoms with van der Waals surface area (Å²) in [7, 11) is 0. The van der Waals surface area contributed by atoms with Crippen molar-refractivity contribution in [2.75, 3.05) is 0 Å². The van der Waals surface area contributed by atoms with E-state index in [1.54, 1.807) is 0 Å². The number of hydrogen-bond donors (Lipinski definition) is 0. The van der Waals surface area contributed by atoms with Gasteiger partial charge in [-0.15, -0.1) is 0 Å². The lowest BCUT2D eigenvalue weighted by Gasteiger charge is -1.99. The topological polar surface area (TPSA) is 63.9 Å². The Bertz CT molecular complexity index is 475. The van der Waals surface area contributed by atoms with Gasteiger partial charge in [0.1, 0.15) is 6.07 Å². The second-order valence-electron chi connectivity index (χ2n) is 2.63. The third-order valence-corrected chi connectivity index (χ3v) is 1.60. The van der Waals surface area contributed by atoms with Crippen LogP contribution < -0.4 is 5.11 Å². The molecule has 0 atom stereocenters. The standard InChI is InChI=1S/C10H5F2NO2/c11-8-2-1-6(4-9(8)12)3-7(5-13)10(14)15/h1-4H,(H,14,15)/p-1/b7-3+. The van der Waals surface area contributed by atoms with Crippen molar-refractivity contribution in [1.29, 1.82) is 5.26 Å². The molecule has 0 aliphatic rings. The number of hydrogen-bond acceptors (Lipinski definition) is 3. The lowest BCUT2D eigenvalue weighted by Crippen LogP contribution is -2.23. The van der Waals surface area contributed by atoms with E-state index in [1.165, 1.54) is 6.07 Å². The zero-order valence-electron chi connectivity index (χ0n) is 7.33. The minimum atomic E-state index is -1.66. The fourth-order valence-electron chi connectivity index (χ4n) is 0.906. The molecule has 0 radical (unpaired) electrons. The molecule has 0 bridgehead atoms. The Morgan fingerprint density at radius 2 is 2.07 bits per heavy atom. The van der Waals surface area contributed by atoms with Crippen LogP contribution >= 0.6 is 0 Å². The maximum atomic E-state index is 12.7. The molecule has 1 aromatic rings. The van der Waals surface area contributed by atoms with Crippen LogP contribution in [0.2, 0.25) is 0 Å². The molecule has 0 spiro atoms.